The second-order valence-corrected chi connectivity index (χ2v) is 31.0. The number of H-pyrrole nitrogens is 4. The number of hydroxylamine groups is 2. The number of benzene rings is 4. The Kier molecular flexibility index (Phi) is 32.1. The minimum atomic E-state index is -1.47. The lowest BCUT2D eigenvalue weighted by atomic mass is 10.0. The molecule has 6 aliphatic heterocycles. The van der Waals surface area contributed by atoms with E-state index >= 15 is 0 Å². The normalized spacial score (nSPS) is 16.0. The summed E-state index contributed by atoms with van der Waals surface area (Å²) in [5, 5.41) is 62.1. The Labute approximate surface area is 735 Å². The predicted molar refractivity (Wildman–Crippen MR) is 474 cm³/mol. The van der Waals surface area contributed by atoms with Crippen LogP contribution in [0.4, 0.5) is 40.3 Å². The maximum absolute atomic E-state index is 13.7. The van der Waals surface area contributed by atoms with Crippen molar-refractivity contribution in [3.8, 4) is 0 Å². The maximum Gasteiger partial charge on any atom is 0.276 e. The highest BCUT2D eigenvalue weighted by Gasteiger charge is 2.35. The summed E-state index contributed by atoms with van der Waals surface area (Å²) in [4.78, 5) is 170. The molecule has 4 atom stereocenters. The number of nitrogens with one attached hydrogen (secondary N) is 12. The zero-order valence-electron chi connectivity index (χ0n) is 71.1. The molecule has 2 saturated heterocycles. The Morgan fingerprint density at radius 1 is 0.391 bits per heavy atom. The van der Waals surface area contributed by atoms with Gasteiger partial charge in [0.25, 0.3) is 70.9 Å². The first-order chi connectivity index (χ1) is 59.7. The van der Waals surface area contributed by atoms with Gasteiger partial charge in [0, 0.05) is 138 Å². The number of nitrogens with zero attached hydrogens (tertiary/aromatic N) is 4. The van der Waals surface area contributed by atoms with E-state index in [0.29, 0.717) is 172 Å². The standard InChI is InChI=1S/C24H27FN4O4.C23H25FN4O4.C21H23FN4O5.C21H23FN4O4.2CH4/c1-13-19(11-17-16-10-15(25)6-7-18(16)28-22(17)31)27-14(2)21(13)23(32)26-12-20(30)24(33)29-8-4-3-5-9-29;1-12-18(10-16-15-9-14(24)5-6-17(15)27-21(16)30)26-13(2)20(12)22(31)25-11-19(29)23(32)28-7-3-4-8-28;1-10-16(8-14-13-7-12(22)5-6-15(13)25-19(14)28)24-11(2)18(10)20(29)23-9-17(27)21(30)26(3)31-4;1-10-16(8-14-13-7-12(22)5-6-15(13)25-19(14)28)24-11(2)18(10)20(29)23-9-17(27)21(30)26(3)4;;/h6-7,10-11,20,27,30H,3-5,8-9,12H2,1-2H3,(H,26,32)(H,28,31);5-6,9-10,19,26,29H,3-4,7-8,11H2,1-2H3,(H,25,31)(H,27,30);5-8,17,24,27H,9H2,1-4H3,(H,23,29)(H,25,28);5-8,17,24,27H,9H2,1-4H3,(H,23,29)(H,25,28);2*1H4/b17-11-;16-10-;2*14-8-;;. The number of aromatic nitrogens is 4. The zero-order valence-corrected chi connectivity index (χ0v) is 71.1. The topological polar surface area (TPSA) is 467 Å². The Balaban J connectivity index is 0.000000192. The van der Waals surface area contributed by atoms with E-state index in [1.54, 1.807) is 89.5 Å². The lowest BCUT2D eigenvalue weighted by molar-refractivity contribution is -0.177. The molecule has 6 aliphatic rings. The van der Waals surface area contributed by atoms with Crippen LogP contribution in [0.25, 0.3) is 46.6 Å². The van der Waals surface area contributed by atoms with Crippen molar-refractivity contribution in [2.45, 2.75) is 127 Å². The van der Waals surface area contributed by atoms with Gasteiger partial charge in [-0.2, -0.15) is 0 Å². The van der Waals surface area contributed by atoms with Crippen molar-refractivity contribution in [3.63, 3.8) is 0 Å². The third-order valence-electron chi connectivity index (χ3n) is 22.1. The van der Waals surface area contributed by atoms with Gasteiger partial charge in [-0.25, -0.2) is 22.6 Å². The molecule has 0 radical (unpaired) electrons. The summed E-state index contributed by atoms with van der Waals surface area (Å²) in [7, 11) is 5.65. The van der Waals surface area contributed by atoms with Gasteiger partial charge in [0.2, 0.25) is 0 Å². The minimum Gasteiger partial charge on any atom is -0.381 e. The lowest BCUT2D eigenvalue weighted by Gasteiger charge is -2.28. The largest absolute Gasteiger partial charge is 0.381 e. The summed E-state index contributed by atoms with van der Waals surface area (Å²) in [5.74, 6) is -7.06. The molecular weight excluding hydrogens is 1670 g/mol. The zero-order chi connectivity index (χ0) is 91.7. The Morgan fingerprint density at radius 2 is 0.625 bits per heavy atom. The van der Waals surface area contributed by atoms with Gasteiger partial charge in [-0.05, 0) is 207 Å². The van der Waals surface area contributed by atoms with Crippen LogP contribution in [0, 0.1) is 78.7 Å². The first-order valence-corrected chi connectivity index (χ1v) is 40.3. The molecule has 33 nitrogen and oxygen atoms in total. The highest BCUT2D eigenvalue weighted by atomic mass is 19.1. The number of aromatic amines is 4. The van der Waals surface area contributed by atoms with E-state index in [1.165, 1.54) is 106 Å². The molecule has 0 aliphatic carbocycles. The number of piperidine rings is 1. The van der Waals surface area contributed by atoms with E-state index in [0.717, 1.165) is 37.2 Å². The number of carbonyl (C=O) groups is 12. The fraction of sp³-hybridized carbons (Fsp3) is 0.341. The summed E-state index contributed by atoms with van der Waals surface area (Å²) < 4.78 is 54.7. The molecular formula is C91H106F4N16O17. The second-order valence-electron chi connectivity index (χ2n) is 31.0. The molecule has 4 aromatic heterocycles. The molecule has 2 fully saturated rings. The fourth-order valence-electron chi connectivity index (χ4n) is 15.4. The second kappa shape index (κ2) is 41.9. The predicted octanol–water partition coefficient (Wildman–Crippen LogP) is 8.43. The number of likely N-dealkylation sites (N-methyl/N-ethyl adjacent to an activating group) is 2. The third-order valence-corrected chi connectivity index (χ3v) is 22.1. The molecule has 8 aromatic rings. The number of aryl methyl sites for hydroxylation is 4. The number of aliphatic hydroxyl groups excluding tert-OH is 4. The summed E-state index contributed by atoms with van der Waals surface area (Å²) in [5.41, 5.74) is 13.2. The number of hydrogen-bond donors (Lipinski definition) is 16. The molecule has 4 unspecified atom stereocenters. The van der Waals surface area contributed by atoms with Crippen LogP contribution in [0.15, 0.2) is 72.8 Å². The van der Waals surface area contributed by atoms with E-state index in [4.69, 9.17) is 4.84 Å². The molecule has 0 saturated carbocycles. The Bertz CT molecular complexity index is 5840. The molecule has 16 N–H and O–H groups in total. The number of anilines is 4. The van der Waals surface area contributed by atoms with Crippen molar-refractivity contribution in [1.82, 2.24) is 61.0 Å². The van der Waals surface area contributed by atoms with Crippen molar-refractivity contribution >= 4 is 140 Å². The highest BCUT2D eigenvalue weighted by Crippen LogP contribution is 2.39. The monoisotopic (exact) mass is 1770 g/mol. The lowest BCUT2D eigenvalue weighted by Crippen LogP contribution is -2.46. The van der Waals surface area contributed by atoms with E-state index < -0.39 is 83.1 Å². The molecule has 0 spiro atoms. The number of hydrogen-bond acceptors (Lipinski definition) is 17. The average Bonchev–Trinajstić information content (AvgIpc) is 1.64. The van der Waals surface area contributed by atoms with E-state index in [1.807, 2.05) is 0 Å². The minimum absolute atomic E-state index is 0. The molecule has 37 heteroatoms. The molecule has 14 rings (SSSR count). The molecule has 4 aromatic carbocycles. The van der Waals surface area contributed by atoms with E-state index in [2.05, 4.69) is 62.5 Å². The van der Waals surface area contributed by atoms with Gasteiger partial charge in [0.1, 0.15) is 41.6 Å². The number of fused-ring (bicyclic) bond motifs is 4. The average molecular weight is 1770 g/mol. The van der Waals surface area contributed by atoms with Crippen molar-refractivity contribution in [2.75, 3.05) is 102 Å². The quantitative estimate of drug-likeness (QED) is 0.0182. The SMILES string of the molecule is C.C.CON(C)C(=O)C(O)CNC(=O)c1c(C)[nH]c(/C=C2\C(=O)Nc3ccc(F)cc32)c1C.Cc1[nH]c(/C=C2\C(=O)Nc3ccc(F)cc32)c(C)c1C(=O)NCC(O)C(=O)N(C)C.Cc1[nH]c(/C=C2\C(=O)Nc3ccc(F)cc32)c(C)c1C(=O)NCC(O)C(=O)N1CCCC1.Cc1[nH]c(/C=C2\C(=O)Nc3ccc(F)cc32)c(C)c1C(=O)NCC(O)C(=O)N1CCCCC1. The van der Waals surface area contributed by atoms with Crippen LogP contribution in [0.3, 0.4) is 0 Å². The van der Waals surface area contributed by atoms with E-state index in [-0.39, 0.29) is 87.6 Å². The number of aliphatic hydroxyl groups is 4. The number of rotatable bonds is 21. The molecule has 680 valence electrons. The van der Waals surface area contributed by atoms with Crippen LogP contribution in [-0.2, 0) is 43.2 Å². The van der Waals surface area contributed by atoms with Crippen LogP contribution >= 0.6 is 0 Å². The number of amides is 12. The van der Waals surface area contributed by atoms with Crippen LogP contribution < -0.4 is 42.5 Å². The van der Waals surface area contributed by atoms with Crippen LogP contribution in [-0.4, -0.2) is 236 Å². The van der Waals surface area contributed by atoms with Gasteiger partial charge >= 0.3 is 0 Å². The Morgan fingerprint density at radius 3 is 0.867 bits per heavy atom. The van der Waals surface area contributed by atoms with E-state index in [9.17, 15) is 95.5 Å². The van der Waals surface area contributed by atoms with Crippen molar-refractivity contribution in [2.24, 2.45) is 0 Å². The van der Waals surface area contributed by atoms with Gasteiger partial charge in [-0.1, -0.05) is 14.9 Å². The summed E-state index contributed by atoms with van der Waals surface area (Å²) in [6, 6.07) is 16.2. The molecule has 128 heavy (non-hydrogen) atoms. The van der Waals surface area contributed by atoms with Crippen LogP contribution in [0.1, 0.15) is 178 Å². The summed E-state index contributed by atoms with van der Waals surface area (Å²) >= 11 is 0. The van der Waals surface area contributed by atoms with Crippen molar-refractivity contribution in [1.29, 1.82) is 0 Å². The van der Waals surface area contributed by atoms with Crippen LogP contribution in [0.5, 0.6) is 0 Å². The molecule has 0 bridgehead atoms. The van der Waals surface area contributed by atoms with Crippen LogP contribution in [0.2, 0.25) is 0 Å². The Hall–Kier alpha value is -13.9. The fourth-order valence-corrected chi connectivity index (χ4v) is 15.4. The molecule has 12 amide bonds. The van der Waals surface area contributed by atoms with Gasteiger partial charge in [-0.3, -0.25) is 62.4 Å². The number of carbonyl (C=O) groups excluding carboxylic acids is 12. The number of likely N-dealkylation sites (tertiary alicyclic amines) is 2. The smallest absolute Gasteiger partial charge is 0.276 e. The van der Waals surface area contributed by atoms with Gasteiger partial charge in [-0.15, -0.1) is 0 Å². The van der Waals surface area contributed by atoms with Gasteiger partial charge in [0.15, 0.2) is 6.10 Å². The first kappa shape index (κ1) is 97.9. The van der Waals surface area contributed by atoms with Crippen molar-refractivity contribution < 1.29 is 100 Å². The summed E-state index contributed by atoms with van der Waals surface area (Å²) in [6.45, 7) is 15.3. The van der Waals surface area contributed by atoms with Gasteiger partial charge < -0.3 is 97.6 Å². The first-order valence-electron chi connectivity index (χ1n) is 40.3. The third kappa shape index (κ3) is 22.0. The highest BCUT2D eigenvalue weighted by molar-refractivity contribution is 6.37. The molecule has 10 heterocycles. The summed E-state index contributed by atoms with van der Waals surface area (Å²) in [6.07, 6.45) is 5.63. The number of halogens is 4. The van der Waals surface area contributed by atoms with Gasteiger partial charge in [0.05, 0.1) is 77.8 Å². The maximum atomic E-state index is 13.7. The van der Waals surface area contributed by atoms with Crippen molar-refractivity contribution in [3.05, 3.63) is 208 Å².